The number of carbonyl (C=O) groups is 1. The molecule has 0 saturated heterocycles. The van der Waals surface area contributed by atoms with Crippen molar-refractivity contribution in [3.8, 4) is 10.7 Å². The van der Waals surface area contributed by atoms with Gasteiger partial charge in [0.25, 0.3) is 0 Å². The molecule has 3 aromatic rings. The summed E-state index contributed by atoms with van der Waals surface area (Å²) in [6.07, 6.45) is 5.67. The smallest absolute Gasteiger partial charge is 0.237 e. The van der Waals surface area contributed by atoms with Crippen LogP contribution in [0.3, 0.4) is 0 Å². The van der Waals surface area contributed by atoms with E-state index in [9.17, 15) is 4.79 Å². The fourth-order valence-electron chi connectivity index (χ4n) is 2.86. The van der Waals surface area contributed by atoms with E-state index in [2.05, 4.69) is 37.7 Å². The van der Waals surface area contributed by atoms with Gasteiger partial charge in [-0.1, -0.05) is 24.3 Å². The third-order valence-electron chi connectivity index (χ3n) is 4.18. The Morgan fingerprint density at radius 1 is 1.27 bits per heavy atom. The van der Waals surface area contributed by atoms with E-state index >= 15 is 0 Å². The number of rotatable bonds is 4. The summed E-state index contributed by atoms with van der Waals surface area (Å²) in [5.41, 5.74) is 4.07. The van der Waals surface area contributed by atoms with E-state index in [0.29, 0.717) is 13.0 Å². The van der Waals surface area contributed by atoms with Crippen LogP contribution in [0.1, 0.15) is 16.8 Å². The molecule has 8 heteroatoms. The van der Waals surface area contributed by atoms with E-state index in [1.54, 1.807) is 18.6 Å². The molecule has 0 radical (unpaired) electrons. The third kappa shape index (κ3) is 4.07. The van der Waals surface area contributed by atoms with Crippen LogP contribution in [0, 0.1) is 0 Å². The average molecular weight is 388 g/mol. The minimum Gasteiger partial charge on any atom is -0.349 e. The number of halogens is 1. The van der Waals surface area contributed by atoms with Crippen molar-refractivity contribution in [1.29, 1.82) is 0 Å². The summed E-state index contributed by atoms with van der Waals surface area (Å²) in [6.45, 7) is 1.14. The second-order valence-corrected chi connectivity index (χ2v) is 6.72. The summed E-state index contributed by atoms with van der Waals surface area (Å²) < 4.78 is 0. The number of aromatic nitrogens is 3. The van der Waals surface area contributed by atoms with Crippen LogP contribution >= 0.6 is 23.7 Å². The zero-order valence-electron chi connectivity index (χ0n) is 13.9. The van der Waals surface area contributed by atoms with Crippen LogP contribution in [0.5, 0.6) is 0 Å². The molecule has 0 fully saturated rings. The topological polar surface area (TPSA) is 79.8 Å². The first-order chi connectivity index (χ1) is 12.3. The molecule has 2 aromatic heterocycles. The number of thiazole rings is 1. The van der Waals surface area contributed by atoms with Gasteiger partial charge in [-0.25, -0.2) is 4.98 Å². The van der Waals surface area contributed by atoms with Crippen LogP contribution in [-0.4, -0.2) is 26.9 Å². The SMILES string of the molecule is Cl.O=C(NCc1csc(-c2cnccn2)n1)[C@H]1Cc2ccccc2CN1. The first kappa shape index (κ1) is 18.4. The fourth-order valence-corrected chi connectivity index (χ4v) is 3.64. The summed E-state index contributed by atoms with van der Waals surface area (Å²) >= 11 is 1.50. The summed E-state index contributed by atoms with van der Waals surface area (Å²) in [5.74, 6) is 0.00329. The van der Waals surface area contributed by atoms with Gasteiger partial charge in [0.15, 0.2) is 0 Å². The quantitative estimate of drug-likeness (QED) is 0.718. The summed E-state index contributed by atoms with van der Waals surface area (Å²) in [4.78, 5) is 25.2. The van der Waals surface area contributed by atoms with Crippen LogP contribution < -0.4 is 10.6 Å². The lowest BCUT2D eigenvalue weighted by Crippen LogP contribution is -2.47. The van der Waals surface area contributed by atoms with Gasteiger partial charge in [-0.05, 0) is 17.5 Å². The average Bonchev–Trinajstić information content (AvgIpc) is 3.15. The molecule has 6 nitrogen and oxygen atoms in total. The summed E-state index contributed by atoms with van der Waals surface area (Å²) in [7, 11) is 0. The summed E-state index contributed by atoms with van der Waals surface area (Å²) in [5, 5.41) is 9.01. The Labute approximate surface area is 161 Å². The van der Waals surface area contributed by atoms with Crippen molar-refractivity contribution in [3.05, 3.63) is 65.1 Å². The highest BCUT2D eigenvalue weighted by molar-refractivity contribution is 7.13. The molecular weight excluding hydrogens is 370 g/mol. The van der Waals surface area contributed by atoms with E-state index in [0.717, 1.165) is 22.9 Å². The van der Waals surface area contributed by atoms with Crippen LogP contribution in [-0.2, 0) is 24.3 Å². The van der Waals surface area contributed by atoms with E-state index in [1.165, 1.54) is 22.5 Å². The van der Waals surface area contributed by atoms with Gasteiger partial charge in [0, 0.05) is 24.3 Å². The Morgan fingerprint density at radius 2 is 2.12 bits per heavy atom. The first-order valence-electron chi connectivity index (χ1n) is 8.08. The molecule has 0 bridgehead atoms. The molecule has 1 amide bonds. The number of carbonyl (C=O) groups excluding carboxylic acids is 1. The van der Waals surface area contributed by atoms with Gasteiger partial charge >= 0.3 is 0 Å². The largest absolute Gasteiger partial charge is 0.349 e. The zero-order valence-corrected chi connectivity index (χ0v) is 15.5. The van der Waals surface area contributed by atoms with E-state index < -0.39 is 0 Å². The van der Waals surface area contributed by atoms with E-state index in [4.69, 9.17) is 0 Å². The Morgan fingerprint density at radius 3 is 2.92 bits per heavy atom. The lowest BCUT2D eigenvalue weighted by Gasteiger charge is -2.25. The molecule has 134 valence electrons. The van der Waals surface area contributed by atoms with Gasteiger partial charge in [-0.2, -0.15) is 0 Å². The Kier molecular flexibility index (Phi) is 5.92. The maximum Gasteiger partial charge on any atom is 0.237 e. The van der Waals surface area contributed by atoms with Crippen LogP contribution in [0.2, 0.25) is 0 Å². The fraction of sp³-hybridized carbons (Fsp3) is 0.222. The molecule has 0 aliphatic carbocycles. The molecule has 1 aliphatic rings. The van der Waals surface area contributed by atoms with Crippen LogP contribution in [0.15, 0.2) is 48.2 Å². The molecule has 0 unspecified atom stereocenters. The molecule has 4 rings (SSSR count). The minimum atomic E-state index is -0.201. The van der Waals surface area contributed by atoms with Crippen LogP contribution in [0.25, 0.3) is 10.7 Å². The normalized spacial score (nSPS) is 15.6. The van der Waals surface area contributed by atoms with Gasteiger partial charge in [-0.3, -0.25) is 14.8 Å². The van der Waals surface area contributed by atoms with Gasteiger partial charge < -0.3 is 10.6 Å². The molecule has 3 heterocycles. The predicted molar refractivity (Wildman–Crippen MR) is 103 cm³/mol. The zero-order chi connectivity index (χ0) is 17.1. The van der Waals surface area contributed by atoms with Crippen molar-refractivity contribution in [2.75, 3.05) is 0 Å². The van der Waals surface area contributed by atoms with Gasteiger partial charge in [0.1, 0.15) is 10.7 Å². The maximum atomic E-state index is 12.4. The Balaban J connectivity index is 0.00000196. The molecule has 0 saturated carbocycles. The molecule has 1 atom stereocenters. The highest BCUT2D eigenvalue weighted by atomic mass is 35.5. The van der Waals surface area contributed by atoms with Crippen molar-refractivity contribution < 1.29 is 4.79 Å². The number of hydrogen-bond donors (Lipinski definition) is 2. The highest BCUT2D eigenvalue weighted by Gasteiger charge is 2.23. The molecule has 0 spiro atoms. The monoisotopic (exact) mass is 387 g/mol. The number of nitrogens with one attached hydrogen (secondary N) is 2. The van der Waals surface area contributed by atoms with Crippen molar-refractivity contribution in [3.63, 3.8) is 0 Å². The van der Waals surface area contributed by atoms with Crippen molar-refractivity contribution in [2.45, 2.75) is 25.6 Å². The number of benzene rings is 1. The number of fused-ring (bicyclic) bond motifs is 1. The summed E-state index contributed by atoms with van der Waals surface area (Å²) in [6, 6.07) is 8.03. The second kappa shape index (κ2) is 8.35. The van der Waals surface area contributed by atoms with E-state index in [1.807, 2.05) is 17.5 Å². The first-order valence-corrected chi connectivity index (χ1v) is 8.96. The predicted octanol–water partition coefficient (Wildman–Crippen LogP) is 2.35. The molecule has 2 N–H and O–H groups in total. The number of amides is 1. The maximum absolute atomic E-state index is 12.4. The second-order valence-electron chi connectivity index (χ2n) is 5.86. The highest BCUT2D eigenvalue weighted by Crippen LogP contribution is 2.21. The van der Waals surface area contributed by atoms with Gasteiger partial charge in [0.05, 0.1) is 24.5 Å². The standard InChI is InChI=1S/C18H17N5OS.ClH/c24-17(15-7-12-3-1-2-4-13(12)8-21-15)22-9-14-11-25-18(23-14)16-10-19-5-6-20-16;/h1-6,10-11,15,21H,7-9H2,(H,22,24);1H/t15-;/m1./s1. The lowest BCUT2D eigenvalue weighted by atomic mass is 9.95. The Hall–Kier alpha value is -2.35. The van der Waals surface area contributed by atoms with E-state index in [-0.39, 0.29) is 24.4 Å². The third-order valence-corrected chi connectivity index (χ3v) is 5.09. The number of hydrogen-bond acceptors (Lipinski definition) is 6. The molecular formula is C18H18ClN5OS. The van der Waals surface area contributed by atoms with Crippen LogP contribution in [0.4, 0.5) is 0 Å². The molecule has 26 heavy (non-hydrogen) atoms. The van der Waals surface area contributed by atoms with Gasteiger partial charge in [0.2, 0.25) is 5.91 Å². The molecule has 1 aromatic carbocycles. The van der Waals surface area contributed by atoms with Crippen molar-refractivity contribution in [2.24, 2.45) is 0 Å². The van der Waals surface area contributed by atoms with Gasteiger partial charge in [-0.15, -0.1) is 23.7 Å². The molecule has 1 aliphatic heterocycles. The van der Waals surface area contributed by atoms with Crippen molar-refractivity contribution in [1.82, 2.24) is 25.6 Å². The number of nitrogens with zero attached hydrogens (tertiary/aromatic N) is 3. The lowest BCUT2D eigenvalue weighted by molar-refractivity contribution is -0.123. The van der Waals surface area contributed by atoms with Crippen molar-refractivity contribution >= 4 is 29.7 Å². The minimum absolute atomic E-state index is 0. The Bertz CT molecular complexity index is 886.